The second-order valence-electron chi connectivity index (χ2n) is 5.51. The summed E-state index contributed by atoms with van der Waals surface area (Å²) < 4.78 is 0. The van der Waals surface area contributed by atoms with E-state index in [9.17, 15) is 10.1 Å². The van der Waals surface area contributed by atoms with Crippen LogP contribution in [0.5, 0.6) is 0 Å². The Bertz CT molecular complexity index is 492. The van der Waals surface area contributed by atoms with E-state index in [0.29, 0.717) is 23.8 Å². The predicted octanol–water partition coefficient (Wildman–Crippen LogP) is 1.56. The second-order valence-corrected chi connectivity index (χ2v) is 5.51. The van der Waals surface area contributed by atoms with Crippen LogP contribution in [0.3, 0.4) is 0 Å². The van der Waals surface area contributed by atoms with Crippen molar-refractivity contribution in [3.63, 3.8) is 0 Å². The number of anilines is 1. The number of nitro groups is 1. The van der Waals surface area contributed by atoms with Crippen molar-refractivity contribution < 1.29 is 4.92 Å². The summed E-state index contributed by atoms with van der Waals surface area (Å²) in [4.78, 5) is 15.4. The van der Waals surface area contributed by atoms with E-state index in [0.717, 1.165) is 19.6 Å². The van der Waals surface area contributed by atoms with Crippen molar-refractivity contribution in [2.45, 2.75) is 13.0 Å². The van der Waals surface area contributed by atoms with Gasteiger partial charge in [0.15, 0.2) is 0 Å². The average molecular weight is 278 g/mol. The molecule has 6 heteroatoms. The van der Waals surface area contributed by atoms with Gasteiger partial charge in [-0.2, -0.15) is 0 Å². The summed E-state index contributed by atoms with van der Waals surface area (Å²) in [5.41, 5.74) is 1.48. The summed E-state index contributed by atoms with van der Waals surface area (Å²) in [6.07, 6.45) is 0. The Morgan fingerprint density at radius 1 is 1.40 bits per heavy atom. The van der Waals surface area contributed by atoms with Crippen LogP contribution in [0.25, 0.3) is 0 Å². The van der Waals surface area contributed by atoms with Crippen LogP contribution in [-0.2, 0) is 0 Å². The van der Waals surface area contributed by atoms with Gasteiger partial charge in [0.1, 0.15) is 5.69 Å². The first-order valence-electron chi connectivity index (χ1n) is 6.85. The highest BCUT2D eigenvalue weighted by molar-refractivity contribution is 5.65. The standard InChI is InChI=1S/C14H22N4O2/c1-11-5-4-6-13(14(11)18(19)20)15-9-12-10-16(2)7-8-17(12)3/h4-6,12,15H,7-10H2,1-3H3. The number of para-hydroxylation sites is 1. The molecule has 0 amide bonds. The number of nitro benzene ring substituents is 1. The van der Waals surface area contributed by atoms with Gasteiger partial charge in [-0.25, -0.2) is 0 Å². The molecule has 1 atom stereocenters. The van der Waals surface area contributed by atoms with Gasteiger partial charge >= 0.3 is 0 Å². The molecule has 1 saturated heterocycles. The lowest BCUT2D eigenvalue weighted by atomic mass is 10.1. The molecule has 0 aromatic heterocycles. The van der Waals surface area contributed by atoms with Crippen molar-refractivity contribution >= 4 is 11.4 Å². The maximum Gasteiger partial charge on any atom is 0.295 e. The fraction of sp³-hybridized carbons (Fsp3) is 0.571. The maximum atomic E-state index is 11.2. The molecule has 0 bridgehead atoms. The Balaban J connectivity index is 2.07. The monoisotopic (exact) mass is 278 g/mol. The van der Waals surface area contributed by atoms with Crippen molar-refractivity contribution in [1.82, 2.24) is 9.80 Å². The number of hydrogen-bond acceptors (Lipinski definition) is 5. The van der Waals surface area contributed by atoms with Crippen LogP contribution in [-0.4, -0.2) is 61.0 Å². The number of rotatable bonds is 4. The second kappa shape index (κ2) is 6.19. The molecule has 6 nitrogen and oxygen atoms in total. The zero-order valence-electron chi connectivity index (χ0n) is 12.3. The third kappa shape index (κ3) is 3.26. The van der Waals surface area contributed by atoms with Gasteiger partial charge in [0.25, 0.3) is 5.69 Å². The van der Waals surface area contributed by atoms with E-state index >= 15 is 0 Å². The van der Waals surface area contributed by atoms with Gasteiger partial charge < -0.3 is 10.2 Å². The van der Waals surface area contributed by atoms with E-state index in [1.165, 1.54) is 0 Å². The van der Waals surface area contributed by atoms with Crippen molar-refractivity contribution in [2.24, 2.45) is 0 Å². The maximum absolute atomic E-state index is 11.2. The van der Waals surface area contributed by atoms with Crippen LogP contribution in [0.4, 0.5) is 11.4 Å². The zero-order chi connectivity index (χ0) is 14.7. The van der Waals surface area contributed by atoms with Crippen LogP contribution in [0.15, 0.2) is 18.2 Å². The largest absolute Gasteiger partial charge is 0.378 e. The van der Waals surface area contributed by atoms with Gasteiger partial charge in [0, 0.05) is 37.8 Å². The molecule has 1 aliphatic rings. The minimum Gasteiger partial charge on any atom is -0.378 e. The first kappa shape index (κ1) is 14.7. The minimum absolute atomic E-state index is 0.180. The highest BCUT2D eigenvalue weighted by Crippen LogP contribution is 2.27. The average Bonchev–Trinajstić information content (AvgIpc) is 2.39. The number of nitrogens with zero attached hydrogens (tertiary/aromatic N) is 3. The molecular weight excluding hydrogens is 256 g/mol. The molecule has 1 unspecified atom stereocenters. The fourth-order valence-corrected chi connectivity index (χ4v) is 2.59. The fourth-order valence-electron chi connectivity index (χ4n) is 2.59. The molecule has 1 aromatic carbocycles. The van der Waals surface area contributed by atoms with Crippen molar-refractivity contribution in [3.05, 3.63) is 33.9 Å². The summed E-state index contributed by atoms with van der Waals surface area (Å²) in [5, 5.41) is 14.4. The summed E-state index contributed by atoms with van der Waals surface area (Å²) in [7, 11) is 4.21. The number of hydrogen-bond donors (Lipinski definition) is 1. The van der Waals surface area contributed by atoms with Crippen molar-refractivity contribution in [2.75, 3.05) is 45.6 Å². The Morgan fingerprint density at radius 3 is 2.85 bits per heavy atom. The van der Waals surface area contributed by atoms with Gasteiger partial charge in [0.2, 0.25) is 0 Å². The molecule has 1 heterocycles. The Morgan fingerprint density at radius 2 is 2.15 bits per heavy atom. The van der Waals surface area contributed by atoms with Crippen LogP contribution in [0.2, 0.25) is 0 Å². The predicted molar refractivity (Wildman–Crippen MR) is 80.2 cm³/mol. The minimum atomic E-state index is -0.311. The van der Waals surface area contributed by atoms with Crippen LogP contribution in [0, 0.1) is 17.0 Å². The molecule has 0 radical (unpaired) electrons. The molecule has 1 aliphatic heterocycles. The van der Waals surface area contributed by atoms with Crippen molar-refractivity contribution in [1.29, 1.82) is 0 Å². The Labute approximate surface area is 119 Å². The summed E-state index contributed by atoms with van der Waals surface area (Å²) >= 11 is 0. The summed E-state index contributed by atoms with van der Waals surface area (Å²) in [6.45, 7) is 5.55. The SMILES string of the molecule is Cc1cccc(NCC2CN(C)CCN2C)c1[N+](=O)[O-]. The first-order valence-corrected chi connectivity index (χ1v) is 6.85. The van der Waals surface area contributed by atoms with Crippen LogP contribution >= 0.6 is 0 Å². The molecule has 2 rings (SSSR count). The number of piperazine rings is 1. The summed E-state index contributed by atoms with van der Waals surface area (Å²) in [6, 6.07) is 5.76. The number of benzene rings is 1. The zero-order valence-corrected chi connectivity index (χ0v) is 12.3. The molecule has 1 N–H and O–H groups in total. The van der Waals surface area contributed by atoms with E-state index in [1.807, 2.05) is 6.07 Å². The third-order valence-electron chi connectivity index (χ3n) is 3.93. The van der Waals surface area contributed by atoms with Gasteiger partial charge in [-0.05, 0) is 27.1 Å². The molecule has 1 aromatic rings. The highest BCUT2D eigenvalue weighted by atomic mass is 16.6. The quantitative estimate of drug-likeness (QED) is 0.669. The normalized spacial score (nSPS) is 20.9. The van der Waals surface area contributed by atoms with Crippen molar-refractivity contribution in [3.8, 4) is 0 Å². The van der Waals surface area contributed by atoms with E-state index < -0.39 is 0 Å². The smallest absolute Gasteiger partial charge is 0.295 e. The lowest BCUT2D eigenvalue weighted by Crippen LogP contribution is -2.52. The van der Waals surface area contributed by atoms with E-state index in [2.05, 4.69) is 29.2 Å². The number of aryl methyl sites for hydroxylation is 1. The van der Waals surface area contributed by atoms with Crippen LogP contribution < -0.4 is 5.32 Å². The van der Waals surface area contributed by atoms with Gasteiger partial charge in [-0.3, -0.25) is 15.0 Å². The highest BCUT2D eigenvalue weighted by Gasteiger charge is 2.23. The van der Waals surface area contributed by atoms with E-state index in [-0.39, 0.29) is 10.6 Å². The lowest BCUT2D eigenvalue weighted by Gasteiger charge is -2.37. The number of nitrogens with one attached hydrogen (secondary N) is 1. The Kier molecular flexibility index (Phi) is 4.57. The molecule has 20 heavy (non-hydrogen) atoms. The van der Waals surface area contributed by atoms with Gasteiger partial charge in [-0.1, -0.05) is 12.1 Å². The van der Waals surface area contributed by atoms with Gasteiger partial charge in [-0.15, -0.1) is 0 Å². The van der Waals surface area contributed by atoms with E-state index in [1.54, 1.807) is 19.1 Å². The summed E-state index contributed by atoms with van der Waals surface area (Å²) in [5.74, 6) is 0. The van der Waals surface area contributed by atoms with E-state index in [4.69, 9.17) is 0 Å². The lowest BCUT2D eigenvalue weighted by molar-refractivity contribution is -0.384. The molecule has 110 valence electrons. The topological polar surface area (TPSA) is 61.6 Å². The molecule has 1 fully saturated rings. The first-order chi connectivity index (χ1) is 9.49. The molecule has 0 spiro atoms. The number of likely N-dealkylation sites (N-methyl/N-ethyl adjacent to an activating group) is 2. The molecular formula is C14H22N4O2. The van der Waals surface area contributed by atoms with Gasteiger partial charge in [0.05, 0.1) is 4.92 Å². The van der Waals surface area contributed by atoms with Crippen LogP contribution in [0.1, 0.15) is 5.56 Å². The molecule has 0 saturated carbocycles. The third-order valence-corrected chi connectivity index (χ3v) is 3.93. The Hall–Kier alpha value is -1.66. The molecule has 0 aliphatic carbocycles.